The summed E-state index contributed by atoms with van der Waals surface area (Å²) in [4.78, 5) is 35.8. The summed E-state index contributed by atoms with van der Waals surface area (Å²) >= 11 is 12.3. The molecule has 5 N–H and O–H groups in total. The fraction of sp³-hybridized carbons (Fsp3) is 0.382. The van der Waals surface area contributed by atoms with Crippen molar-refractivity contribution in [2.24, 2.45) is 0 Å². The summed E-state index contributed by atoms with van der Waals surface area (Å²) < 4.78 is 17.7. The van der Waals surface area contributed by atoms with Crippen LogP contribution in [0.1, 0.15) is 30.1 Å². The third-order valence-electron chi connectivity index (χ3n) is 8.62. The fourth-order valence-corrected chi connectivity index (χ4v) is 6.46. The van der Waals surface area contributed by atoms with Crippen LogP contribution >= 0.6 is 23.2 Å². The van der Waals surface area contributed by atoms with E-state index in [9.17, 15) is 4.79 Å². The molecule has 0 spiro atoms. The Hall–Kier alpha value is -4.83. The highest BCUT2D eigenvalue weighted by atomic mass is 35.5. The number of hydrogen-bond donors (Lipinski definition) is 5. The zero-order chi connectivity index (χ0) is 35.9. The van der Waals surface area contributed by atoms with Crippen molar-refractivity contribution in [1.29, 1.82) is 0 Å². The topological polar surface area (TPSA) is 163 Å². The second-order valence-electron chi connectivity index (χ2n) is 11.7. The van der Waals surface area contributed by atoms with E-state index in [-0.39, 0.29) is 18.1 Å². The van der Waals surface area contributed by atoms with Gasteiger partial charge in [-0.2, -0.15) is 9.97 Å². The molecule has 4 aromatic rings. The molecule has 51 heavy (non-hydrogen) atoms. The normalized spacial score (nSPS) is 17.5. The number of carbonyl (C=O) groups excluding carboxylic acids is 1. The summed E-state index contributed by atoms with van der Waals surface area (Å²) in [7, 11) is 5.08. The smallest absolute Gasteiger partial charge is 0.321 e. The lowest BCUT2D eigenvalue weighted by Gasteiger charge is -2.43. The molecule has 0 aliphatic carbocycles. The minimum atomic E-state index is -0.333. The highest BCUT2D eigenvalue weighted by Gasteiger charge is 2.37. The molecule has 17 heteroatoms. The molecule has 2 unspecified atom stereocenters. The second kappa shape index (κ2) is 16.5. The van der Waals surface area contributed by atoms with Crippen LogP contribution in [0.3, 0.4) is 0 Å². The molecule has 2 aromatic heterocycles. The third kappa shape index (κ3) is 8.06. The number of halogens is 2. The van der Waals surface area contributed by atoms with Crippen molar-refractivity contribution >= 4 is 64.1 Å². The van der Waals surface area contributed by atoms with Crippen LogP contribution in [0.5, 0.6) is 11.5 Å². The maximum Gasteiger partial charge on any atom is 0.321 e. The molecule has 270 valence electrons. The Bertz CT molecular complexity index is 1850. The van der Waals surface area contributed by atoms with Crippen LogP contribution in [-0.4, -0.2) is 103 Å². The number of nitrogens with zero attached hydrogens (tertiary/aromatic N) is 6. The van der Waals surface area contributed by atoms with Crippen LogP contribution in [0.2, 0.25) is 10.0 Å². The first-order chi connectivity index (χ1) is 24.8. The Balaban J connectivity index is 1.23. The molecule has 0 saturated carbocycles. The second-order valence-corrected chi connectivity index (χ2v) is 12.5. The van der Waals surface area contributed by atoms with Crippen LogP contribution in [0, 0.1) is 0 Å². The Kier molecular flexibility index (Phi) is 11.6. The number of hydrogen-bond acceptors (Lipinski definition) is 13. The monoisotopic (exact) mass is 737 g/mol. The van der Waals surface area contributed by atoms with E-state index in [1.54, 1.807) is 21.2 Å². The van der Waals surface area contributed by atoms with E-state index < -0.39 is 0 Å². The Morgan fingerprint density at radius 1 is 0.902 bits per heavy atom. The molecule has 0 bridgehead atoms. The maximum absolute atomic E-state index is 14.5. The van der Waals surface area contributed by atoms with E-state index in [0.29, 0.717) is 102 Å². The van der Waals surface area contributed by atoms with Gasteiger partial charge in [-0.05, 0) is 42.3 Å². The number of methoxy groups -OCH3 is 1. The molecule has 2 aliphatic rings. The van der Waals surface area contributed by atoms with Gasteiger partial charge in [0.15, 0.2) is 0 Å². The van der Waals surface area contributed by atoms with E-state index >= 15 is 0 Å². The van der Waals surface area contributed by atoms with Gasteiger partial charge in [0.1, 0.15) is 33.2 Å². The molecular formula is C34H41Cl2N11O4. The maximum atomic E-state index is 14.5. The number of benzene rings is 2. The number of nitrogens with one attached hydrogen (secondary N) is 5. The molecule has 4 heterocycles. The van der Waals surface area contributed by atoms with Crippen molar-refractivity contribution in [3.05, 3.63) is 70.0 Å². The highest BCUT2D eigenvalue weighted by molar-refractivity contribution is 6.33. The number of aromatic nitrogens is 4. The number of amides is 2. The van der Waals surface area contributed by atoms with E-state index in [1.165, 1.54) is 12.4 Å². The molecule has 2 fully saturated rings. The van der Waals surface area contributed by atoms with Crippen molar-refractivity contribution in [3.8, 4) is 11.5 Å². The molecule has 2 aromatic carbocycles. The minimum Gasteiger partial charge on any atom is -0.495 e. The molecule has 2 saturated heterocycles. The van der Waals surface area contributed by atoms with Crippen molar-refractivity contribution in [2.75, 3.05) is 88.5 Å². The van der Waals surface area contributed by atoms with Crippen molar-refractivity contribution < 1.29 is 19.0 Å². The van der Waals surface area contributed by atoms with Gasteiger partial charge in [0.25, 0.3) is 0 Å². The largest absolute Gasteiger partial charge is 0.495 e. The summed E-state index contributed by atoms with van der Waals surface area (Å²) in [6.07, 6.45) is 3.06. The third-order valence-corrected chi connectivity index (χ3v) is 9.17. The van der Waals surface area contributed by atoms with Gasteiger partial charge in [-0.3, -0.25) is 0 Å². The van der Waals surface area contributed by atoms with E-state index in [2.05, 4.69) is 46.5 Å². The van der Waals surface area contributed by atoms with Gasteiger partial charge in [0, 0.05) is 40.3 Å². The molecule has 2 aliphatic heterocycles. The number of rotatable bonds is 11. The number of piperazine rings is 1. The highest BCUT2D eigenvalue weighted by Crippen LogP contribution is 2.37. The zero-order valence-corrected chi connectivity index (χ0v) is 30.3. The summed E-state index contributed by atoms with van der Waals surface area (Å²) in [6, 6.07) is 11.0. The average Bonchev–Trinajstić information content (AvgIpc) is 3.17. The van der Waals surface area contributed by atoms with Gasteiger partial charge < -0.3 is 50.6 Å². The van der Waals surface area contributed by atoms with Gasteiger partial charge in [-0.15, -0.1) is 0 Å². The summed E-state index contributed by atoms with van der Waals surface area (Å²) in [5.41, 5.74) is 3.17. The fourth-order valence-electron chi connectivity index (χ4n) is 6.09. The summed E-state index contributed by atoms with van der Waals surface area (Å²) in [5.74, 6) is 2.92. The standard InChI is InChI=1S/C34H41Cl2N11O4/c1-5-51-29-15-21(7-9-25(29)43-33-41-17-23(36)31(38-3)45-33)27-19-50-13-12-47(27)34(48)46-11-10-39-18-26(46)20-6-8-24(28(14-20)49-4)42-32-40-16-22(35)30(37-2)44-32/h6-9,14-17,26-27,39H,5,10-13,18-19H2,1-4H3,(H2,37,40,42,44)(H2,38,41,43,45). The Labute approximate surface area is 306 Å². The van der Waals surface area contributed by atoms with Crippen molar-refractivity contribution in [2.45, 2.75) is 19.0 Å². The summed E-state index contributed by atoms with van der Waals surface area (Å²) in [6.45, 7) is 5.38. The van der Waals surface area contributed by atoms with Gasteiger partial charge in [-0.25, -0.2) is 14.8 Å². The zero-order valence-electron chi connectivity index (χ0n) is 28.8. The molecule has 6 rings (SSSR count). The number of morpholine rings is 1. The summed E-state index contributed by atoms with van der Waals surface area (Å²) in [5, 5.41) is 16.6. The predicted molar refractivity (Wildman–Crippen MR) is 198 cm³/mol. The van der Waals surface area contributed by atoms with Gasteiger partial charge >= 0.3 is 6.03 Å². The SMILES string of the molecule is CCOc1cc(C2COCCN2C(=O)N2CCNCC2c2ccc(Nc3ncc(Cl)c(NC)n3)c(OC)c2)ccc1Nc1ncc(Cl)c(NC)n1. The van der Waals surface area contributed by atoms with Crippen LogP contribution in [0.25, 0.3) is 0 Å². The van der Waals surface area contributed by atoms with Gasteiger partial charge in [-0.1, -0.05) is 35.3 Å². The van der Waals surface area contributed by atoms with Gasteiger partial charge in [0.05, 0.1) is 62.8 Å². The van der Waals surface area contributed by atoms with E-state index in [1.807, 2.05) is 53.1 Å². The molecule has 15 nitrogen and oxygen atoms in total. The van der Waals surface area contributed by atoms with Crippen molar-refractivity contribution in [1.82, 2.24) is 35.1 Å². The number of anilines is 6. The van der Waals surface area contributed by atoms with E-state index in [0.717, 1.165) is 11.1 Å². The van der Waals surface area contributed by atoms with Crippen LogP contribution in [0.4, 0.5) is 39.7 Å². The predicted octanol–water partition coefficient (Wildman–Crippen LogP) is 5.69. The number of ether oxygens (including phenoxy) is 3. The average molecular weight is 739 g/mol. The Morgan fingerprint density at radius 2 is 1.49 bits per heavy atom. The number of urea groups is 1. The minimum absolute atomic E-state index is 0.0700. The van der Waals surface area contributed by atoms with Crippen LogP contribution in [-0.2, 0) is 4.74 Å². The lowest BCUT2D eigenvalue weighted by molar-refractivity contribution is -0.00163. The first-order valence-corrected chi connectivity index (χ1v) is 17.3. The quantitative estimate of drug-likeness (QED) is 0.128. The van der Waals surface area contributed by atoms with Crippen LogP contribution in [0.15, 0.2) is 48.8 Å². The van der Waals surface area contributed by atoms with Crippen molar-refractivity contribution in [3.63, 3.8) is 0 Å². The first kappa shape index (κ1) is 36.0. The van der Waals surface area contributed by atoms with E-state index in [4.69, 9.17) is 37.4 Å². The van der Waals surface area contributed by atoms with Gasteiger partial charge in [0.2, 0.25) is 11.9 Å². The molecular weight excluding hydrogens is 697 g/mol. The molecule has 2 amide bonds. The number of carbonyl (C=O) groups is 1. The molecule has 2 atom stereocenters. The lowest BCUT2D eigenvalue weighted by Crippen LogP contribution is -2.55. The molecule has 0 radical (unpaired) electrons. The lowest BCUT2D eigenvalue weighted by atomic mass is 10.0. The first-order valence-electron chi connectivity index (χ1n) is 16.6. The Morgan fingerprint density at radius 3 is 2.10 bits per heavy atom. The van der Waals surface area contributed by atoms with Crippen LogP contribution < -0.4 is 36.1 Å².